The highest BCUT2D eigenvalue weighted by atomic mass is 16.3. The van der Waals surface area contributed by atoms with E-state index in [0.29, 0.717) is 17.5 Å². The molecule has 0 unspecified atom stereocenters. The summed E-state index contributed by atoms with van der Waals surface area (Å²) in [5.41, 5.74) is 4.96. The van der Waals surface area contributed by atoms with Gasteiger partial charge < -0.3 is 4.42 Å². The molecule has 5 nitrogen and oxygen atoms in total. The van der Waals surface area contributed by atoms with E-state index in [-0.39, 0.29) is 0 Å². The van der Waals surface area contributed by atoms with Crippen LogP contribution in [0.25, 0.3) is 99.3 Å². The van der Waals surface area contributed by atoms with Crippen LogP contribution >= 0.6 is 0 Å². The molecular weight excluding hydrogens is 576 g/mol. The van der Waals surface area contributed by atoms with E-state index in [1.54, 1.807) is 6.20 Å². The number of fused-ring (bicyclic) bond motifs is 9. The Morgan fingerprint density at radius 3 is 1.91 bits per heavy atom. The molecule has 0 N–H and O–H groups in total. The smallest absolute Gasteiger partial charge is 0.164 e. The van der Waals surface area contributed by atoms with Gasteiger partial charge in [-0.1, -0.05) is 109 Å². The highest BCUT2D eigenvalue weighted by Gasteiger charge is 2.19. The first-order valence-corrected chi connectivity index (χ1v) is 15.6. The standard InChI is InChI=1S/C42H24N4O/c1-2-9-28-23-30(19-14-25(28)7-1)40-44-41(46-42(45-40)34-11-5-12-35-38(34)39-36(47-35)13-6-22-43-39)31-20-21-33-29(24-31)18-17-27-16-15-26-8-3-4-10-32(26)37(27)33/h1-24H. The van der Waals surface area contributed by atoms with Crippen molar-refractivity contribution in [1.82, 2.24) is 19.9 Å². The van der Waals surface area contributed by atoms with Gasteiger partial charge in [0.2, 0.25) is 0 Å². The Hall–Kier alpha value is -6.46. The third-order valence-corrected chi connectivity index (χ3v) is 9.12. The molecule has 0 aliphatic carbocycles. The molecule has 5 heteroatoms. The first-order chi connectivity index (χ1) is 23.3. The number of rotatable bonds is 3. The lowest BCUT2D eigenvalue weighted by atomic mass is 9.95. The van der Waals surface area contributed by atoms with Gasteiger partial charge in [-0.25, -0.2) is 15.0 Å². The third-order valence-electron chi connectivity index (χ3n) is 9.12. The van der Waals surface area contributed by atoms with E-state index in [1.165, 1.54) is 32.3 Å². The summed E-state index contributed by atoms with van der Waals surface area (Å²) in [6, 6.07) is 48.3. The van der Waals surface area contributed by atoms with Crippen molar-refractivity contribution in [2.45, 2.75) is 0 Å². The molecular formula is C42H24N4O. The molecule has 0 amide bonds. The van der Waals surface area contributed by atoms with Gasteiger partial charge in [0.25, 0.3) is 0 Å². The van der Waals surface area contributed by atoms with E-state index in [0.717, 1.165) is 49.5 Å². The van der Waals surface area contributed by atoms with E-state index < -0.39 is 0 Å². The molecule has 0 radical (unpaired) electrons. The Morgan fingerprint density at radius 1 is 0.404 bits per heavy atom. The molecule has 0 spiro atoms. The zero-order valence-corrected chi connectivity index (χ0v) is 25.1. The highest BCUT2D eigenvalue weighted by molar-refractivity contribution is 6.20. The molecule has 218 valence electrons. The first-order valence-electron chi connectivity index (χ1n) is 15.6. The monoisotopic (exact) mass is 600 g/mol. The SMILES string of the molecule is c1ccc2cc(-c3nc(-c4ccc5c(ccc6ccc7ccccc7c65)c4)nc(-c4cccc5oc6cccnc6c45)n3)ccc2c1. The number of benzene rings is 7. The van der Waals surface area contributed by atoms with Crippen molar-refractivity contribution in [2.24, 2.45) is 0 Å². The van der Waals surface area contributed by atoms with Gasteiger partial charge in [0.05, 0.1) is 5.39 Å². The predicted molar refractivity (Wildman–Crippen MR) is 191 cm³/mol. The van der Waals surface area contributed by atoms with Crippen LogP contribution in [0, 0.1) is 0 Å². The predicted octanol–water partition coefficient (Wildman–Crippen LogP) is 10.8. The van der Waals surface area contributed by atoms with Crippen LogP contribution in [0.15, 0.2) is 150 Å². The van der Waals surface area contributed by atoms with Crippen LogP contribution in [0.3, 0.4) is 0 Å². The van der Waals surface area contributed by atoms with Crippen molar-refractivity contribution in [3.05, 3.63) is 146 Å². The molecule has 3 aromatic heterocycles. The Morgan fingerprint density at radius 2 is 1.04 bits per heavy atom. The maximum Gasteiger partial charge on any atom is 0.164 e. The lowest BCUT2D eigenvalue weighted by molar-refractivity contribution is 0.668. The van der Waals surface area contributed by atoms with Gasteiger partial charge in [-0.15, -0.1) is 0 Å². The number of hydrogen-bond acceptors (Lipinski definition) is 5. The summed E-state index contributed by atoms with van der Waals surface area (Å²) in [7, 11) is 0. The second-order valence-electron chi connectivity index (χ2n) is 11.9. The highest BCUT2D eigenvalue weighted by Crippen LogP contribution is 2.37. The summed E-state index contributed by atoms with van der Waals surface area (Å²) < 4.78 is 6.17. The van der Waals surface area contributed by atoms with Gasteiger partial charge in [-0.3, -0.25) is 4.98 Å². The number of hydrogen-bond donors (Lipinski definition) is 0. The summed E-state index contributed by atoms with van der Waals surface area (Å²) in [6.45, 7) is 0. The maximum atomic E-state index is 6.17. The number of aromatic nitrogens is 4. The molecule has 10 aromatic rings. The molecule has 10 rings (SSSR count). The largest absolute Gasteiger partial charge is 0.454 e. The summed E-state index contributed by atoms with van der Waals surface area (Å²) in [5, 5.41) is 10.5. The van der Waals surface area contributed by atoms with E-state index in [9.17, 15) is 0 Å². The summed E-state index contributed by atoms with van der Waals surface area (Å²) in [6.07, 6.45) is 1.79. The quantitative estimate of drug-likeness (QED) is 0.189. The van der Waals surface area contributed by atoms with Gasteiger partial charge in [-0.05, 0) is 73.4 Å². The van der Waals surface area contributed by atoms with Crippen LogP contribution in [0.5, 0.6) is 0 Å². The topological polar surface area (TPSA) is 64.7 Å². The molecule has 0 aliphatic heterocycles. The van der Waals surface area contributed by atoms with Crippen molar-refractivity contribution >= 4 is 65.2 Å². The minimum absolute atomic E-state index is 0.571. The number of furan rings is 1. The molecule has 3 heterocycles. The zero-order chi connectivity index (χ0) is 30.9. The second-order valence-corrected chi connectivity index (χ2v) is 11.9. The van der Waals surface area contributed by atoms with Crippen LogP contribution in [-0.2, 0) is 0 Å². The normalized spacial score (nSPS) is 11.8. The van der Waals surface area contributed by atoms with E-state index in [1.807, 2.05) is 30.3 Å². The van der Waals surface area contributed by atoms with Gasteiger partial charge in [0, 0.05) is 22.9 Å². The molecule has 47 heavy (non-hydrogen) atoms. The fraction of sp³-hybridized carbons (Fsp3) is 0. The lowest BCUT2D eigenvalue weighted by Crippen LogP contribution is -2.00. The van der Waals surface area contributed by atoms with E-state index >= 15 is 0 Å². The average Bonchev–Trinajstić information content (AvgIpc) is 3.53. The van der Waals surface area contributed by atoms with Crippen molar-refractivity contribution in [1.29, 1.82) is 0 Å². The minimum atomic E-state index is 0.571. The fourth-order valence-electron chi connectivity index (χ4n) is 6.88. The number of pyridine rings is 1. The number of nitrogens with zero attached hydrogens (tertiary/aromatic N) is 4. The Bertz CT molecular complexity index is 2870. The third kappa shape index (κ3) is 4.10. The molecule has 0 fully saturated rings. The first kappa shape index (κ1) is 25.8. The summed E-state index contributed by atoms with van der Waals surface area (Å²) in [5.74, 6) is 1.79. The second kappa shape index (κ2) is 10.0. The van der Waals surface area contributed by atoms with E-state index in [2.05, 4.69) is 114 Å². The van der Waals surface area contributed by atoms with Crippen molar-refractivity contribution in [3.8, 4) is 34.2 Å². The fourth-order valence-corrected chi connectivity index (χ4v) is 6.88. The maximum absolute atomic E-state index is 6.17. The van der Waals surface area contributed by atoms with Crippen molar-refractivity contribution < 1.29 is 4.42 Å². The lowest BCUT2D eigenvalue weighted by Gasteiger charge is -2.12. The minimum Gasteiger partial charge on any atom is -0.454 e. The van der Waals surface area contributed by atoms with Crippen molar-refractivity contribution in [2.75, 3.05) is 0 Å². The average molecular weight is 601 g/mol. The molecule has 0 atom stereocenters. The molecule has 7 aromatic carbocycles. The van der Waals surface area contributed by atoms with Gasteiger partial charge in [-0.2, -0.15) is 0 Å². The Labute approximate surface area is 268 Å². The Kier molecular flexibility index (Phi) is 5.51. The van der Waals surface area contributed by atoms with Crippen LogP contribution in [0.4, 0.5) is 0 Å². The summed E-state index contributed by atoms with van der Waals surface area (Å²) >= 11 is 0. The van der Waals surface area contributed by atoms with Crippen LogP contribution < -0.4 is 0 Å². The van der Waals surface area contributed by atoms with Gasteiger partial charge in [0.15, 0.2) is 23.1 Å². The zero-order valence-electron chi connectivity index (χ0n) is 25.1. The van der Waals surface area contributed by atoms with E-state index in [4.69, 9.17) is 19.4 Å². The molecule has 0 saturated carbocycles. The van der Waals surface area contributed by atoms with Gasteiger partial charge >= 0.3 is 0 Å². The Balaban J connectivity index is 1.22. The molecule has 0 bridgehead atoms. The van der Waals surface area contributed by atoms with Crippen LogP contribution in [-0.4, -0.2) is 19.9 Å². The summed E-state index contributed by atoms with van der Waals surface area (Å²) in [4.78, 5) is 20.0. The molecule has 0 aliphatic rings. The molecule has 0 saturated heterocycles. The van der Waals surface area contributed by atoms with Crippen molar-refractivity contribution in [3.63, 3.8) is 0 Å². The van der Waals surface area contributed by atoms with Crippen LogP contribution in [0.2, 0.25) is 0 Å². The van der Waals surface area contributed by atoms with Crippen LogP contribution in [0.1, 0.15) is 0 Å². The van der Waals surface area contributed by atoms with Gasteiger partial charge in [0.1, 0.15) is 11.1 Å².